The second-order valence-corrected chi connectivity index (χ2v) is 8.06. The molecule has 1 saturated heterocycles. The SMILES string of the molecule is C=CC(C)C(O)C(C)C1OC(C)(C)N(C(=O)OC(C)(C)C)C1C. The molecule has 0 radical (unpaired) electrons. The molecule has 1 heterocycles. The van der Waals surface area contributed by atoms with E-state index in [-0.39, 0.29) is 24.0 Å². The third-order valence-electron chi connectivity index (χ3n) is 4.44. The normalized spacial score (nSPS) is 28.1. The second-order valence-electron chi connectivity index (χ2n) is 8.06. The monoisotopic (exact) mass is 327 g/mol. The summed E-state index contributed by atoms with van der Waals surface area (Å²) in [4.78, 5) is 14.2. The van der Waals surface area contributed by atoms with E-state index < -0.39 is 23.5 Å². The predicted octanol–water partition coefficient (Wildman–Crippen LogP) is 3.57. The van der Waals surface area contributed by atoms with Crippen LogP contribution in [0.5, 0.6) is 0 Å². The van der Waals surface area contributed by atoms with Crippen LogP contribution in [0.15, 0.2) is 12.7 Å². The number of aliphatic hydroxyl groups is 1. The van der Waals surface area contributed by atoms with E-state index in [0.29, 0.717) is 0 Å². The summed E-state index contributed by atoms with van der Waals surface area (Å²) >= 11 is 0. The maximum absolute atomic E-state index is 12.6. The fourth-order valence-corrected chi connectivity index (χ4v) is 3.18. The Morgan fingerprint density at radius 3 is 2.35 bits per heavy atom. The Kier molecular flexibility index (Phi) is 5.92. The number of amides is 1. The third kappa shape index (κ3) is 4.48. The Morgan fingerprint density at radius 2 is 1.91 bits per heavy atom. The van der Waals surface area contributed by atoms with Crippen molar-refractivity contribution in [1.82, 2.24) is 4.90 Å². The minimum absolute atomic E-state index is 0.0421. The minimum atomic E-state index is -0.780. The highest BCUT2D eigenvalue weighted by molar-refractivity contribution is 5.69. The summed E-state index contributed by atoms with van der Waals surface area (Å²) in [5.41, 5.74) is -1.34. The van der Waals surface area contributed by atoms with Crippen LogP contribution in [-0.4, -0.2) is 45.7 Å². The van der Waals surface area contributed by atoms with Gasteiger partial charge in [-0.1, -0.05) is 19.9 Å². The van der Waals surface area contributed by atoms with Crippen LogP contribution in [0.4, 0.5) is 4.79 Å². The van der Waals surface area contributed by atoms with Crippen molar-refractivity contribution in [3.63, 3.8) is 0 Å². The molecule has 1 rings (SSSR count). The average molecular weight is 327 g/mol. The molecule has 5 unspecified atom stereocenters. The number of carbonyl (C=O) groups excluding carboxylic acids is 1. The zero-order valence-corrected chi connectivity index (χ0v) is 15.8. The first kappa shape index (κ1) is 20.0. The summed E-state index contributed by atoms with van der Waals surface area (Å²) in [5.74, 6) is -0.177. The van der Waals surface area contributed by atoms with Crippen molar-refractivity contribution in [2.75, 3.05) is 0 Å². The van der Waals surface area contributed by atoms with Crippen LogP contribution in [0.2, 0.25) is 0 Å². The van der Waals surface area contributed by atoms with Gasteiger partial charge in [-0.15, -0.1) is 6.58 Å². The van der Waals surface area contributed by atoms with E-state index in [9.17, 15) is 9.90 Å². The number of rotatable bonds is 4. The lowest BCUT2D eigenvalue weighted by Crippen LogP contribution is -2.49. The van der Waals surface area contributed by atoms with E-state index in [1.807, 2.05) is 55.4 Å². The average Bonchev–Trinajstić information content (AvgIpc) is 2.63. The molecule has 0 aromatic carbocycles. The molecule has 0 saturated carbocycles. The third-order valence-corrected chi connectivity index (χ3v) is 4.44. The van der Waals surface area contributed by atoms with Gasteiger partial charge in [0.25, 0.3) is 0 Å². The predicted molar refractivity (Wildman–Crippen MR) is 91.0 cm³/mol. The maximum atomic E-state index is 12.6. The Hall–Kier alpha value is -1.07. The standard InChI is InChI=1S/C18H33NO4/c1-10-11(2)14(20)12(3)15-13(4)19(18(8,9)22-15)16(21)23-17(5,6)7/h10-15,20H,1H2,2-9H3. The van der Waals surface area contributed by atoms with Crippen LogP contribution in [0.25, 0.3) is 0 Å². The Morgan fingerprint density at radius 1 is 1.39 bits per heavy atom. The van der Waals surface area contributed by atoms with Gasteiger partial charge in [0.1, 0.15) is 11.3 Å². The van der Waals surface area contributed by atoms with E-state index in [0.717, 1.165) is 0 Å². The van der Waals surface area contributed by atoms with Gasteiger partial charge in [-0.25, -0.2) is 4.79 Å². The summed E-state index contributed by atoms with van der Waals surface area (Å²) in [6.45, 7) is 18.8. The molecule has 0 aromatic rings. The topological polar surface area (TPSA) is 59.0 Å². The number of hydrogen-bond acceptors (Lipinski definition) is 4. The molecule has 0 aliphatic carbocycles. The van der Waals surface area contributed by atoms with Crippen molar-refractivity contribution in [2.45, 2.75) is 85.0 Å². The van der Waals surface area contributed by atoms with E-state index in [2.05, 4.69) is 6.58 Å². The molecule has 1 N–H and O–H groups in total. The lowest BCUT2D eigenvalue weighted by Gasteiger charge is -2.34. The van der Waals surface area contributed by atoms with E-state index in [1.165, 1.54) is 0 Å². The molecule has 1 aliphatic heterocycles. The molecule has 0 bridgehead atoms. The Balaban J connectivity index is 2.97. The summed E-state index contributed by atoms with van der Waals surface area (Å²) < 4.78 is 11.6. The van der Waals surface area contributed by atoms with Gasteiger partial charge in [0, 0.05) is 11.8 Å². The number of aliphatic hydroxyl groups excluding tert-OH is 1. The van der Waals surface area contributed by atoms with Gasteiger partial charge in [-0.3, -0.25) is 4.90 Å². The molecule has 0 spiro atoms. The molecule has 0 aromatic heterocycles. The summed E-state index contributed by atoms with van der Waals surface area (Å²) in [6.07, 6.45) is 0.498. The van der Waals surface area contributed by atoms with E-state index >= 15 is 0 Å². The van der Waals surface area contributed by atoms with Crippen LogP contribution >= 0.6 is 0 Å². The summed E-state index contributed by atoms with van der Waals surface area (Å²) in [5, 5.41) is 10.5. The van der Waals surface area contributed by atoms with Crippen molar-refractivity contribution >= 4 is 6.09 Å². The minimum Gasteiger partial charge on any atom is -0.444 e. The molecule has 23 heavy (non-hydrogen) atoms. The highest BCUT2D eigenvalue weighted by Crippen LogP contribution is 2.38. The van der Waals surface area contributed by atoms with Crippen molar-refractivity contribution in [1.29, 1.82) is 0 Å². The highest BCUT2D eigenvalue weighted by atomic mass is 16.6. The smallest absolute Gasteiger partial charge is 0.412 e. The van der Waals surface area contributed by atoms with Crippen LogP contribution in [-0.2, 0) is 9.47 Å². The van der Waals surface area contributed by atoms with Gasteiger partial charge in [-0.2, -0.15) is 0 Å². The van der Waals surface area contributed by atoms with Gasteiger partial charge in [0.15, 0.2) is 0 Å². The fraction of sp³-hybridized carbons (Fsp3) is 0.833. The van der Waals surface area contributed by atoms with Gasteiger partial charge in [0.2, 0.25) is 0 Å². The number of ether oxygens (including phenoxy) is 2. The Bertz CT molecular complexity index is 441. The lowest BCUT2D eigenvalue weighted by atomic mass is 9.87. The van der Waals surface area contributed by atoms with Crippen molar-refractivity contribution in [3.05, 3.63) is 12.7 Å². The molecule has 1 fully saturated rings. The van der Waals surface area contributed by atoms with Crippen LogP contribution in [0.1, 0.15) is 55.4 Å². The number of carbonyl (C=O) groups is 1. The zero-order valence-electron chi connectivity index (χ0n) is 15.8. The first-order valence-corrected chi connectivity index (χ1v) is 8.32. The van der Waals surface area contributed by atoms with Crippen LogP contribution in [0, 0.1) is 11.8 Å². The lowest BCUT2D eigenvalue weighted by molar-refractivity contribution is -0.101. The van der Waals surface area contributed by atoms with Gasteiger partial charge < -0.3 is 14.6 Å². The maximum Gasteiger partial charge on any atom is 0.412 e. The number of nitrogens with zero attached hydrogens (tertiary/aromatic N) is 1. The van der Waals surface area contributed by atoms with Crippen LogP contribution in [0.3, 0.4) is 0 Å². The van der Waals surface area contributed by atoms with Gasteiger partial charge >= 0.3 is 6.09 Å². The second kappa shape index (κ2) is 6.81. The van der Waals surface area contributed by atoms with Crippen LogP contribution < -0.4 is 0 Å². The molecule has 134 valence electrons. The van der Waals surface area contributed by atoms with E-state index in [1.54, 1.807) is 11.0 Å². The van der Waals surface area contributed by atoms with Crippen molar-refractivity contribution in [3.8, 4) is 0 Å². The molecule has 5 nitrogen and oxygen atoms in total. The quantitative estimate of drug-likeness (QED) is 0.802. The van der Waals surface area contributed by atoms with Crippen molar-refractivity contribution < 1.29 is 19.4 Å². The highest BCUT2D eigenvalue weighted by Gasteiger charge is 2.51. The van der Waals surface area contributed by atoms with Gasteiger partial charge in [0.05, 0.1) is 18.2 Å². The fourth-order valence-electron chi connectivity index (χ4n) is 3.18. The Labute approximate surface area is 140 Å². The van der Waals surface area contributed by atoms with Gasteiger partial charge in [-0.05, 0) is 41.5 Å². The van der Waals surface area contributed by atoms with Crippen molar-refractivity contribution in [2.24, 2.45) is 11.8 Å². The molecule has 5 heteroatoms. The summed E-state index contributed by atoms with van der Waals surface area (Å²) in [7, 11) is 0. The van der Waals surface area contributed by atoms with E-state index in [4.69, 9.17) is 9.47 Å². The molecular weight excluding hydrogens is 294 g/mol. The first-order chi connectivity index (χ1) is 10.3. The first-order valence-electron chi connectivity index (χ1n) is 8.32. The summed E-state index contributed by atoms with van der Waals surface area (Å²) in [6, 6.07) is -0.193. The largest absolute Gasteiger partial charge is 0.444 e. The molecule has 5 atom stereocenters. The molecule has 1 aliphatic rings. The molecular formula is C18H33NO4. The molecule has 1 amide bonds. The number of hydrogen-bond donors (Lipinski definition) is 1. The zero-order chi connectivity index (χ0) is 18.2.